The summed E-state index contributed by atoms with van der Waals surface area (Å²) in [5, 5.41) is 4.87. The van der Waals surface area contributed by atoms with Gasteiger partial charge >= 0.3 is 0 Å². The second-order valence-corrected chi connectivity index (χ2v) is 15.5. The van der Waals surface area contributed by atoms with Gasteiger partial charge in [0.05, 0.1) is 13.1 Å². The SMILES string of the molecule is CCCCCCCCCCCCCCCCCCN(CCCCCCCCCCCCCCCCCC)C(=O)CCC(=O)NCC(=O)NCC(N)=O. The molecule has 4 amide bonds. The first kappa shape index (κ1) is 49.9. The van der Waals surface area contributed by atoms with E-state index in [-0.39, 0.29) is 37.7 Å². The number of unbranched alkanes of at least 4 members (excludes halogenated alkanes) is 30. The van der Waals surface area contributed by atoms with Gasteiger partial charge in [0.2, 0.25) is 23.6 Å². The van der Waals surface area contributed by atoms with Crippen LogP contribution in [0, 0.1) is 0 Å². The molecule has 0 aliphatic rings. The maximum Gasteiger partial charge on any atom is 0.239 e. The minimum atomic E-state index is -0.640. The predicted molar refractivity (Wildman–Crippen MR) is 220 cm³/mol. The number of nitrogens with two attached hydrogens (primary N) is 1. The van der Waals surface area contributed by atoms with Crippen LogP contribution in [0.1, 0.15) is 232 Å². The van der Waals surface area contributed by atoms with E-state index in [9.17, 15) is 19.2 Å². The third kappa shape index (κ3) is 37.6. The van der Waals surface area contributed by atoms with Crippen LogP contribution in [-0.2, 0) is 19.2 Å². The van der Waals surface area contributed by atoms with Crippen LogP contribution in [0.2, 0.25) is 0 Å². The fourth-order valence-electron chi connectivity index (χ4n) is 6.96. The van der Waals surface area contributed by atoms with Crippen molar-refractivity contribution in [1.82, 2.24) is 15.5 Å². The summed E-state index contributed by atoms with van der Waals surface area (Å²) in [4.78, 5) is 50.0. The summed E-state index contributed by atoms with van der Waals surface area (Å²) in [6.45, 7) is 5.57. The Kier molecular flexibility index (Phi) is 38.4. The highest BCUT2D eigenvalue weighted by Crippen LogP contribution is 2.16. The summed E-state index contributed by atoms with van der Waals surface area (Å²) in [5.74, 6) is -1.44. The van der Waals surface area contributed by atoms with Crippen LogP contribution in [-0.4, -0.2) is 54.7 Å². The van der Waals surface area contributed by atoms with E-state index in [0.29, 0.717) is 0 Å². The molecule has 0 aliphatic carbocycles. The normalized spacial score (nSPS) is 11.1. The highest BCUT2D eigenvalue weighted by atomic mass is 16.2. The molecule has 0 aliphatic heterocycles. The van der Waals surface area contributed by atoms with Crippen LogP contribution in [0.3, 0.4) is 0 Å². The van der Waals surface area contributed by atoms with Crippen LogP contribution in [0.15, 0.2) is 0 Å². The first-order chi connectivity index (χ1) is 25.4. The van der Waals surface area contributed by atoms with Gasteiger partial charge in [0.1, 0.15) is 0 Å². The molecule has 0 heterocycles. The third-order valence-corrected chi connectivity index (χ3v) is 10.4. The average Bonchev–Trinajstić information content (AvgIpc) is 3.13. The Balaban J connectivity index is 4.21. The molecule has 0 saturated heterocycles. The molecule has 0 rings (SSSR count). The lowest BCUT2D eigenvalue weighted by molar-refractivity contribution is -0.134. The van der Waals surface area contributed by atoms with Crippen LogP contribution >= 0.6 is 0 Å². The Morgan fingerprint density at radius 3 is 0.981 bits per heavy atom. The Morgan fingerprint density at radius 1 is 0.385 bits per heavy atom. The summed E-state index contributed by atoms with van der Waals surface area (Å²) in [6.07, 6.45) is 42.6. The van der Waals surface area contributed by atoms with Crippen LogP contribution in [0.25, 0.3) is 0 Å². The molecule has 0 aromatic rings. The van der Waals surface area contributed by atoms with Gasteiger partial charge in [-0.2, -0.15) is 0 Å². The summed E-state index contributed by atoms with van der Waals surface area (Å²) in [5.41, 5.74) is 5.03. The lowest BCUT2D eigenvalue weighted by atomic mass is 10.0. The molecule has 0 bridgehead atoms. The summed E-state index contributed by atoms with van der Waals surface area (Å²) < 4.78 is 0. The van der Waals surface area contributed by atoms with Gasteiger partial charge in [0.15, 0.2) is 0 Å². The largest absolute Gasteiger partial charge is 0.368 e. The number of nitrogens with one attached hydrogen (secondary N) is 2. The zero-order valence-corrected chi connectivity index (χ0v) is 34.5. The maximum atomic E-state index is 13.2. The highest BCUT2D eigenvalue weighted by Gasteiger charge is 2.15. The smallest absolute Gasteiger partial charge is 0.239 e. The summed E-state index contributed by atoms with van der Waals surface area (Å²) >= 11 is 0. The molecule has 0 aromatic heterocycles. The van der Waals surface area contributed by atoms with Crippen LogP contribution < -0.4 is 16.4 Å². The number of carbonyl (C=O) groups is 4. The molecule has 0 atom stereocenters. The molecule has 8 heteroatoms. The zero-order chi connectivity index (χ0) is 38.2. The van der Waals surface area contributed by atoms with E-state index in [0.717, 1.165) is 38.8 Å². The fourth-order valence-corrected chi connectivity index (χ4v) is 6.96. The third-order valence-electron chi connectivity index (χ3n) is 10.4. The molecule has 8 nitrogen and oxygen atoms in total. The van der Waals surface area contributed by atoms with Gasteiger partial charge in [-0.1, -0.05) is 206 Å². The maximum absolute atomic E-state index is 13.2. The Labute approximate surface area is 321 Å². The molecule has 0 aromatic carbocycles. The highest BCUT2D eigenvalue weighted by molar-refractivity contribution is 5.89. The molecular weight excluding hydrogens is 649 g/mol. The van der Waals surface area contributed by atoms with Gasteiger partial charge in [-0.25, -0.2) is 0 Å². The zero-order valence-electron chi connectivity index (χ0n) is 34.5. The number of carbonyl (C=O) groups excluding carboxylic acids is 4. The van der Waals surface area contributed by atoms with E-state index in [4.69, 9.17) is 5.73 Å². The van der Waals surface area contributed by atoms with Crippen molar-refractivity contribution in [2.45, 2.75) is 232 Å². The first-order valence-corrected chi connectivity index (χ1v) is 22.5. The van der Waals surface area contributed by atoms with Gasteiger partial charge < -0.3 is 21.3 Å². The second kappa shape index (κ2) is 40.1. The number of hydrogen-bond acceptors (Lipinski definition) is 4. The average molecular weight is 735 g/mol. The molecule has 306 valence electrons. The van der Waals surface area contributed by atoms with Crippen molar-refractivity contribution in [2.24, 2.45) is 5.73 Å². The lowest BCUT2D eigenvalue weighted by Gasteiger charge is -2.23. The second-order valence-electron chi connectivity index (χ2n) is 15.5. The van der Waals surface area contributed by atoms with Gasteiger partial charge in [0, 0.05) is 25.9 Å². The minimum Gasteiger partial charge on any atom is -0.368 e. The predicted octanol–water partition coefficient (Wildman–Crippen LogP) is 10.8. The van der Waals surface area contributed by atoms with E-state index in [2.05, 4.69) is 24.5 Å². The van der Waals surface area contributed by atoms with Crippen molar-refractivity contribution >= 4 is 23.6 Å². The Bertz CT molecular complexity index is 801. The monoisotopic (exact) mass is 735 g/mol. The summed E-state index contributed by atoms with van der Waals surface area (Å²) in [7, 11) is 0. The van der Waals surface area contributed by atoms with E-state index in [1.54, 1.807) is 0 Å². The number of amides is 4. The number of primary amides is 1. The topological polar surface area (TPSA) is 122 Å². The van der Waals surface area contributed by atoms with E-state index in [1.165, 1.54) is 180 Å². The number of hydrogen-bond donors (Lipinski definition) is 3. The van der Waals surface area contributed by atoms with Gasteiger partial charge in [-0.15, -0.1) is 0 Å². The number of nitrogens with zero attached hydrogens (tertiary/aromatic N) is 1. The Morgan fingerprint density at radius 2 is 0.673 bits per heavy atom. The molecule has 0 unspecified atom stereocenters. The number of rotatable bonds is 41. The van der Waals surface area contributed by atoms with E-state index >= 15 is 0 Å². The van der Waals surface area contributed by atoms with Gasteiger partial charge in [-0.3, -0.25) is 19.2 Å². The fraction of sp³-hybridized carbons (Fsp3) is 0.909. The molecule has 0 spiro atoms. The van der Waals surface area contributed by atoms with Crippen LogP contribution in [0.5, 0.6) is 0 Å². The summed E-state index contributed by atoms with van der Waals surface area (Å²) in [6, 6.07) is 0. The Hall–Kier alpha value is -2.12. The van der Waals surface area contributed by atoms with Crippen molar-refractivity contribution in [3.8, 4) is 0 Å². The van der Waals surface area contributed by atoms with Crippen molar-refractivity contribution in [1.29, 1.82) is 0 Å². The molecule has 0 saturated carbocycles. The van der Waals surface area contributed by atoms with Crippen LogP contribution in [0.4, 0.5) is 0 Å². The van der Waals surface area contributed by atoms with Crippen molar-refractivity contribution < 1.29 is 19.2 Å². The molecule has 4 N–H and O–H groups in total. The quantitative estimate of drug-likeness (QED) is 0.0541. The lowest BCUT2D eigenvalue weighted by Crippen LogP contribution is -2.40. The van der Waals surface area contributed by atoms with Crippen molar-refractivity contribution in [3.63, 3.8) is 0 Å². The van der Waals surface area contributed by atoms with E-state index in [1.807, 2.05) is 4.90 Å². The van der Waals surface area contributed by atoms with Crippen molar-refractivity contribution in [3.05, 3.63) is 0 Å². The van der Waals surface area contributed by atoms with Gasteiger partial charge in [-0.05, 0) is 12.8 Å². The minimum absolute atomic E-state index is 0.0234. The molecule has 52 heavy (non-hydrogen) atoms. The molecular formula is C44H86N4O4. The first-order valence-electron chi connectivity index (χ1n) is 22.5. The standard InChI is InChI=1S/C44H86N4O4/c1-3-5-7-9-11-13-15-17-19-21-23-25-27-29-31-33-37-48(44(52)36-35-42(50)47-40-43(51)46-39-41(45)49)38-34-32-30-28-26-24-22-20-18-16-14-12-10-8-6-4-2/h3-40H2,1-2H3,(H2,45,49)(H,46,51)(H,47,50). The van der Waals surface area contributed by atoms with Crippen molar-refractivity contribution in [2.75, 3.05) is 26.2 Å². The molecule has 0 radical (unpaired) electrons. The molecule has 0 fully saturated rings. The van der Waals surface area contributed by atoms with E-state index < -0.39 is 11.8 Å². The van der Waals surface area contributed by atoms with Gasteiger partial charge in [0.25, 0.3) is 0 Å².